The first-order valence-corrected chi connectivity index (χ1v) is 5.84. The molecule has 90 valence electrons. The fourth-order valence-corrected chi connectivity index (χ4v) is 1.68. The van der Waals surface area contributed by atoms with Gasteiger partial charge in [0.05, 0.1) is 11.3 Å². The molecule has 0 N–H and O–H groups in total. The highest BCUT2D eigenvalue weighted by atomic mass is 16.5. The van der Waals surface area contributed by atoms with E-state index in [2.05, 4.69) is 24.2 Å². The van der Waals surface area contributed by atoms with Crippen LogP contribution in [0.4, 0.5) is 0 Å². The lowest BCUT2D eigenvalue weighted by molar-refractivity contribution is 0.301. The summed E-state index contributed by atoms with van der Waals surface area (Å²) < 4.78 is 10.8. The third-order valence-electron chi connectivity index (χ3n) is 2.90. The lowest BCUT2D eigenvalue weighted by Crippen LogP contribution is -1.97. The molecule has 2 rings (SSSR count). The predicted molar refractivity (Wildman–Crippen MR) is 66.1 cm³/mol. The van der Waals surface area contributed by atoms with Crippen molar-refractivity contribution in [2.24, 2.45) is 0 Å². The van der Waals surface area contributed by atoms with Gasteiger partial charge < -0.3 is 9.26 Å². The molecule has 3 nitrogen and oxygen atoms in total. The van der Waals surface area contributed by atoms with Gasteiger partial charge >= 0.3 is 0 Å². The molecule has 0 saturated heterocycles. The summed E-state index contributed by atoms with van der Waals surface area (Å²) in [5, 5.41) is 3.90. The number of benzene rings is 1. The lowest BCUT2D eigenvalue weighted by Gasteiger charge is -2.06. The highest BCUT2D eigenvalue weighted by Crippen LogP contribution is 2.17. The van der Waals surface area contributed by atoms with Crippen LogP contribution in [-0.4, -0.2) is 5.16 Å². The molecular weight excluding hydrogens is 214 g/mol. The first-order valence-electron chi connectivity index (χ1n) is 5.84. The Morgan fingerprint density at radius 1 is 1.18 bits per heavy atom. The van der Waals surface area contributed by atoms with E-state index in [9.17, 15) is 0 Å². The van der Waals surface area contributed by atoms with E-state index in [1.54, 1.807) is 0 Å². The predicted octanol–water partition coefficient (Wildman–Crippen LogP) is 3.43. The molecule has 0 aliphatic rings. The Bertz CT molecular complexity index is 466. The average molecular weight is 231 g/mol. The fourth-order valence-electron chi connectivity index (χ4n) is 1.68. The number of ether oxygens (including phenoxy) is 1. The van der Waals surface area contributed by atoms with E-state index in [0.717, 1.165) is 29.2 Å². The number of rotatable bonds is 4. The van der Waals surface area contributed by atoms with Crippen molar-refractivity contribution in [1.29, 1.82) is 0 Å². The van der Waals surface area contributed by atoms with Crippen molar-refractivity contribution >= 4 is 0 Å². The number of aromatic nitrogens is 1. The Morgan fingerprint density at radius 3 is 2.41 bits per heavy atom. The summed E-state index contributed by atoms with van der Waals surface area (Å²) >= 11 is 0. The Hall–Kier alpha value is -1.77. The largest absolute Gasteiger partial charge is 0.489 e. The summed E-state index contributed by atoms with van der Waals surface area (Å²) in [4.78, 5) is 0. The van der Waals surface area contributed by atoms with Crippen LogP contribution in [-0.2, 0) is 13.0 Å². The normalized spacial score (nSPS) is 10.5. The SMILES string of the molecule is CCc1ccc(OCc2c(C)noc2C)cc1. The molecule has 0 amide bonds. The maximum Gasteiger partial charge on any atom is 0.140 e. The molecule has 3 heteroatoms. The second kappa shape index (κ2) is 5.04. The molecular formula is C14H17NO2. The van der Waals surface area contributed by atoms with Crippen LogP contribution in [0.5, 0.6) is 5.75 Å². The number of hydrogen-bond acceptors (Lipinski definition) is 3. The molecule has 2 aromatic rings. The maximum absolute atomic E-state index is 5.71. The molecule has 17 heavy (non-hydrogen) atoms. The number of hydrogen-bond donors (Lipinski definition) is 0. The second-order valence-electron chi connectivity index (χ2n) is 4.09. The number of nitrogens with zero attached hydrogens (tertiary/aromatic N) is 1. The third-order valence-corrected chi connectivity index (χ3v) is 2.90. The van der Waals surface area contributed by atoms with Gasteiger partial charge in [-0.25, -0.2) is 0 Å². The zero-order chi connectivity index (χ0) is 12.3. The number of aryl methyl sites for hydroxylation is 3. The quantitative estimate of drug-likeness (QED) is 0.808. The summed E-state index contributed by atoms with van der Waals surface area (Å²) in [7, 11) is 0. The summed E-state index contributed by atoms with van der Waals surface area (Å²) in [6.07, 6.45) is 1.05. The van der Waals surface area contributed by atoms with Crippen LogP contribution < -0.4 is 4.74 Å². The Kier molecular flexibility index (Phi) is 3.47. The van der Waals surface area contributed by atoms with Crippen LogP contribution >= 0.6 is 0 Å². The minimum absolute atomic E-state index is 0.507. The van der Waals surface area contributed by atoms with E-state index in [4.69, 9.17) is 9.26 Å². The van der Waals surface area contributed by atoms with Crippen molar-refractivity contribution in [3.05, 3.63) is 46.8 Å². The van der Waals surface area contributed by atoms with E-state index in [1.807, 2.05) is 26.0 Å². The van der Waals surface area contributed by atoms with Gasteiger partial charge in [0.2, 0.25) is 0 Å². The molecule has 0 aliphatic heterocycles. The van der Waals surface area contributed by atoms with Crippen molar-refractivity contribution < 1.29 is 9.26 Å². The van der Waals surface area contributed by atoms with Crippen LogP contribution in [0.3, 0.4) is 0 Å². The topological polar surface area (TPSA) is 35.3 Å². The van der Waals surface area contributed by atoms with E-state index >= 15 is 0 Å². The van der Waals surface area contributed by atoms with Gasteiger partial charge in [0.25, 0.3) is 0 Å². The summed E-state index contributed by atoms with van der Waals surface area (Å²) in [5.41, 5.74) is 3.24. The molecule has 0 fully saturated rings. The average Bonchev–Trinajstić information content (AvgIpc) is 2.67. The minimum atomic E-state index is 0.507. The summed E-state index contributed by atoms with van der Waals surface area (Å²) in [5.74, 6) is 1.70. The zero-order valence-corrected chi connectivity index (χ0v) is 10.5. The second-order valence-corrected chi connectivity index (χ2v) is 4.09. The van der Waals surface area contributed by atoms with Crippen molar-refractivity contribution in [2.75, 3.05) is 0 Å². The van der Waals surface area contributed by atoms with E-state index in [1.165, 1.54) is 5.56 Å². The van der Waals surface area contributed by atoms with Crippen LogP contribution in [0.15, 0.2) is 28.8 Å². The maximum atomic E-state index is 5.71. The Morgan fingerprint density at radius 2 is 1.88 bits per heavy atom. The van der Waals surface area contributed by atoms with Crippen LogP contribution in [0.25, 0.3) is 0 Å². The van der Waals surface area contributed by atoms with Crippen molar-refractivity contribution in [2.45, 2.75) is 33.8 Å². The molecule has 0 spiro atoms. The van der Waals surface area contributed by atoms with Gasteiger partial charge in [-0.15, -0.1) is 0 Å². The third kappa shape index (κ3) is 2.67. The molecule has 0 saturated carbocycles. The molecule has 0 unspecified atom stereocenters. The first kappa shape index (κ1) is 11.7. The Balaban J connectivity index is 2.02. The van der Waals surface area contributed by atoms with Crippen molar-refractivity contribution in [3.8, 4) is 5.75 Å². The molecule has 1 aromatic carbocycles. The molecule has 0 bridgehead atoms. The van der Waals surface area contributed by atoms with Crippen LogP contribution in [0.2, 0.25) is 0 Å². The molecule has 0 radical (unpaired) electrons. The summed E-state index contributed by atoms with van der Waals surface area (Å²) in [6, 6.07) is 8.17. The molecule has 0 aliphatic carbocycles. The van der Waals surface area contributed by atoms with Crippen LogP contribution in [0.1, 0.15) is 29.5 Å². The lowest BCUT2D eigenvalue weighted by atomic mass is 10.2. The van der Waals surface area contributed by atoms with Gasteiger partial charge in [-0.3, -0.25) is 0 Å². The standard InChI is InChI=1S/C14H17NO2/c1-4-12-5-7-13(8-6-12)16-9-14-10(2)15-17-11(14)3/h5-8H,4,9H2,1-3H3. The molecule has 1 aromatic heterocycles. The van der Waals surface area contributed by atoms with Gasteiger partial charge in [0.1, 0.15) is 18.1 Å². The zero-order valence-electron chi connectivity index (χ0n) is 10.5. The Labute approximate surface area is 101 Å². The van der Waals surface area contributed by atoms with Crippen molar-refractivity contribution in [3.63, 3.8) is 0 Å². The van der Waals surface area contributed by atoms with Gasteiger partial charge in [-0.2, -0.15) is 0 Å². The van der Waals surface area contributed by atoms with E-state index in [0.29, 0.717) is 6.61 Å². The smallest absolute Gasteiger partial charge is 0.140 e. The molecule has 1 heterocycles. The van der Waals surface area contributed by atoms with Gasteiger partial charge in [-0.1, -0.05) is 24.2 Å². The first-order chi connectivity index (χ1) is 8.20. The monoisotopic (exact) mass is 231 g/mol. The fraction of sp³-hybridized carbons (Fsp3) is 0.357. The molecule has 0 atom stereocenters. The minimum Gasteiger partial charge on any atom is -0.489 e. The van der Waals surface area contributed by atoms with E-state index in [-0.39, 0.29) is 0 Å². The van der Waals surface area contributed by atoms with Gasteiger partial charge in [0, 0.05) is 0 Å². The van der Waals surface area contributed by atoms with E-state index < -0.39 is 0 Å². The van der Waals surface area contributed by atoms with Gasteiger partial charge in [0.15, 0.2) is 0 Å². The highest BCUT2D eigenvalue weighted by Gasteiger charge is 2.09. The summed E-state index contributed by atoms with van der Waals surface area (Å²) in [6.45, 7) is 6.47. The van der Waals surface area contributed by atoms with Gasteiger partial charge in [-0.05, 0) is 38.0 Å². The van der Waals surface area contributed by atoms with Crippen molar-refractivity contribution in [1.82, 2.24) is 5.16 Å². The van der Waals surface area contributed by atoms with Crippen LogP contribution in [0, 0.1) is 13.8 Å². The highest BCUT2D eigenvalue weighted by molar-refractivity contribution is 5.28.